The average Bonchev–Trinajstić information content (AvgIpc) is 2.54. The summed E-state index contributed by atoms with van der Waals surface area (Å²) >= 11 is 0. The molecule has 0 spiro atoms. The van der Waals surface area contributed by atoms with Gasteiger partial charge in [0.05, 0.1) is 12.7 Å². The fraction of sp³-hybridized carbons (Fsp3) is 0.444. The molecule has 2 heterocycles. The largest absolute Gasteiger partial charge is 0.373 e. The topological polar surface area (TPSA) is 47.0 Å². The van der Waals surface area contributed by atoms with Crippen LogP contribution in [0.15, 0.2) is 36.5 Å². The molecular formula is C18H21N3O. The minimum absolute atomic E-state index is 0.353. The van der Waals surface area contributed by atoms with E-state index in [0.29, 0.717) is 18.6 Å². The molecule has 0 saturated heterocycles. The predicted molar refractivity (Wildman–Crippen MR) is 84.4 cm³/mol. The van der Waals surface area contributed by atoms with Crippen molar-refractivity contribution < 1.29 is 4.74 Å². The number of hydrogen-bond acceptors (Lipinski definition) is 4. The number of benzene rings is 1. The van der Waals surface area contributed by atoms with Gasteiger partial charge >= 0.3 is 0 Å². The van der Waals surface area contributed by atoms with Crippen LogP contribution in [0.3, 0.4) is 0 Å². The van der Waals surface area contributed by atoms with Gasteiger partial charge in [0, 0.05) is 42.9 Å². The van der Waals surface area contributed by atoms with Crippen LogP contribution >= 0.6 is 0 Å². The number of nitrogens with one attached hydrogen (secondary N) is 1. The summed E-state index contributed by atoms with van der Waals surface area (Å²) in [7, 11) is 0. The molecule has 1 fully saturated rings. The van der Waals surface area contributed by atoms with Crippen molar-refractivity contribution in [2.75, 3.05) is 6.54 Å². The van der Waals surface area contributed by atoms with Gasteiger partial charge in [0.25, 0.3) is 0 Å². The summed E-state index contributed by atoms with van der Waals surface area (Å²) in [5.41, 5.74) is 3.73. The molecule has 1 aliphatic heterocycles. The first-order valence-corrected chi connectivity index (χ1v) is 8.09. The number of ether oxygens (including phenoxy) is 1. The molecule has 1 aromatic carbocycles. The first-order chi connectivity index (χ1) is 10.9. The second-order valence-corrected chi connectivity index (χ2v) is 6.21. The smallest absolute Gasteiger partial charge is 0.131 e. The number of hydrogen-bond donors (Lipinski definition) is 1. The van der Waals surface area contributed by atoms with Gasteiger partial charge in [-0.15, -0.1) is 0 Å². The minimum Gasteiger partial charge on any atom is -0.373 e. The van der Waals surface area contributed by atoms with Crippen LogP contribution < -0.4 is 5.32 Å². The van der Waals surface area contributed by atoms with E-state index in [2.05, 4.69) is 34.6 Å². The highest BCUT2D eigenvalue weighted by atomic mass is 16.5. The Hall–Kier alpha value is -1.78. The fourth-order valence-electron chi connectivity index (χ4n) is 3.15. The third kappa shape index (κ3) is 2.89. The zero-order valence-electron chi connectivity index (χ0n) is 12.7. The lowest BCUT2D eigenvalue weighted by atomic mass is 9.81. The second-order valence-electron chi connectivity index (χ2n) is 6.21. The van der Waals surface area contributed by atoms with E-state index in [9.17, 15) is 0 Å². The van der Waals surface area contributed by atoms with Crippen LogP contribution in [0.1, 0.15) is 41.4 Å². The molecule has 2 aromatic rings. The standard InChI is InChI=1S/C18H21N3O/c1-2-4-13(5-3-1)12-22-16-8-14(9-16)18-20-11-15-10-19-7-6-17(15)21-18/h1-5,11,14,16,19H,6-10,12H2. The number of nitrogens with zero attached hydrogens (tertiary/aromatic N) is 2. The summed E-state index contributed by atoms with van der Waals surface area (Å²) in [5.74, 6) is 1.49. The molecule has 4 nitrogen and oxygen atoms in total. The number of rotatable bonds is 4. The molecule has 1 N–H and O–H groups in total. The van der Waals surface area contributed by atoms with Crippen molar-refractivity contribution in [1.29, 1.82) is 0 Å². The average molecular weight is 295 g/mol. The van der Waals surface area contributed by atoms with E-state index in [-0.39, 0.29) is 0 Å². The van der Waals surface area contributed by atoms with Gasteiger partial charge in [-0.2, -0.15) is 0 Å². The maximum atomic E-state index is 5.96. The first-order valence-electron chi connectivity index (χ1n) is 8.09. The molecule has 1 saturated carbocycles. The Morgan fingerprint density at radius 2 is 2.05 bits per heavy atom. The number of fused-ring (bicyclic) bond motifs is 1. The van der Waals surface area contributed by atoms with Crippen molar-refractivity contribution >= 4 is 0 Å². The molecule has 1 aromatic heterocycles. The van der Waals surface area contributed by atoms with Gasteiger partial charge in [0.15, 0.2) is 0 Å². The zero-order valence-corrected chi connectivity index (χ0v) is 12.7. The van der Waals surface area contributed by atoms with Gasteiger partial charge in [-0.3, -0.25) is 0 Å². The molecule has 4 rings (SSSR count). The molecule has 0 atom stereocenters. The molecule has 1 aliphatic carbocycles. The molecule has 0 bridgehead atoms. The van der Waals surface area contributed by atoms with Gasteiger partial charge in [-0.25, -0.2) is 9.97 Å². The van der Waals surface area contributed by atoms with Crippen LogP contribution in [-0.4, -0.2) is 22.6 Å². The van der Waals surface area contributed by atoms with Gasteiger partial charge in [-0.05, 0) is 18.4 Å². The highest BCUT2D eigenvalue weighted by Crippen LogP contribution is 2.37. The van der Waals surface area contributed by atoms with E-state index in [4.69, 9.17) is 9.72 Å². The van der Waals surface area contributed by atoms with E-state index in [1.54, 1.807) is 0 Å². The maximum absolute atomic E-state index is 5.96. The van der Waals surface area contributed by atoms with Crippen LogP contribution in [0, 0.1) is 0 Å². The molecule has 0 unspecified atom stereocenters. The third-order valence-electron chi connectivity index (χ3n) is 4.62. The van der Waals surface area contributed by atoms with Crippen molar-refractivity contribution in [1.82, 2.24) is 15.3 Å². The van der Waals surface area contributed by atoms with Crippen molar-refractivity contribution in [3.05, 3.63) is 59.2 Å². The molecule has 114 valence electrons. The van der Waals surface area contributed by atoms with Gasteiger partial charge in [0.2, 0.25) is 0 Å². The SMILES string of the molecule is c1ccc(COC2CC(c3ncc4c(n3)CCNC4)C2)cc1. The van der Waals surface area contributed by atoms with Crippen LogP contribution in [0.5, 0.6) is 0 Å². The maximum Gasteiger partial charge on any atom is 0.131 e. The zero-order chi connectivity index (χ0) is 14.8. The Bertz CT molecular complexity index is 638. The van der Waals surface area contributed by atoms with Crippen molar-refractivity contribution in [3.63, 3.8) is 0 Å². The van der Waals surface area contributed by atoms with E-state index in [0.717, 1.165) is 38.2 Å². The first kappa shape index (κ1) is 13.9. The Morgan fingerprint density at radius 3 is 2.91 bits per heavy atom. The number of aromatic nitrogens is 2. The molecule has 22 heavy (non-hydrogen) atoms. The highest BCUT2D eigenvalue weighted by molar-refractivity contribution is 5.22. The minimum atomic E-state index is 0.353. The summed E-state index contributed by atoms with van der Waals surface area (Å²) in [6.07, 6.45) is 5.47. The fourth-order valence-corrected chi connectivity index (χ4v) is 3.15. The van der Waals surface area contributed by atoms with Crippen molar-refractivity contribution in [3.8, 4) is 0 Å². The Balaban J connectivity index is 1.31. The normalized spacial score (nSPS) is 23.6. The monoisotopic (exact) mass is 295 g/mol. The molecule has 2 aliphatic rings. The van der Waals surface area contributed by atoms with Crippen LogP contribution in [0.4, 0.5) is 0 Å². The third-order valence-corrected chi connectivity index (χ3v) is 4.62. The predicted octanol–water partition coefficient (Wildman–Crippen LogP) is 2.59. The van der Waals surface area contributed by atoms with E-state index >= 15 is 0 Å². The van der Waals surface area contributed by atoms with Crippen LogP contribution in [0.25, 0.3) is 0 Å². The summed E-state index contributed by atoms with van der Waals surface area (Å²) in [4.78, 5) is 9.34. The Morgan fingerprint density at radius 1 is 1.18 bits per heavy atom. The Labute approximate surface area is 130 Å². The van der Waals surface area contributed by atoms with Crippen molar-refractivity contribution in [2.24, 2.45) is 0 Å². The Kier molecular flexibility index (Phi) is 3.87. The van der Waals surface area contributed by atoms with E-state index in [1.807, 2.05) is 12.3 Å². The van der Waals surface area contributed by atoms with Gasteiger partial charge in [0.1, 0.15) is 5.82 Å². The lowest BCUT2D eigenvalue weighted by Crippen LogP contribution is -2.32. The van der Waals surface area contributed by atoms with Gasteiger partial charge in [-0.1, -0.05) is 30.3 Å². The van der Waals surface area contributed by atoms with Crippen LogP contribution in [-0.2, 0) is 24.3 Å². The molecule has 0 amide bonds. The summed E-state index contributed by atoms with van der Waals surface area (Å²) < 4.78 is 5.96. The second kappa shape index (κ2) is 6.15. The van der Waals surface area contributed by atoms with Crippen LogP contribution in [0.2, 0.25) is 0 Å². The molecule has 0 radical (unpaired) electrons. The lowest BCUT2D eigenvalue weighted by Gasteiger charge is -2.34. The summed E-state index contributed by atoms with van der Waals surface area (Å²) in [6.45, 7) is 2.63. The van der Waals surface area contributed by atoms with Crippen molar-refractivity contribution in [2.45, 2.75) is 44.4 Å². The van der Waals surface area contributed by atoms with E-state index < -0.39 is 0 Å². The summed E-state index contributed by atoms with van der Waals surface area (Å²) in [5, 5.41) is 3.36. The lowest BCUT2D eigenvalue weighted by molar-refractivity contribution is -0.0223. The molecular weight excluding hydrogens is 274 g/mol. The quantitative estimate of drug-likeness (QED) is 0.942. The molecule has 4 heteroatoms. The highest BCUT2D eigenvalue weighted by Gasteiger charge is 2.33. The summed E-state index contributed by atoms with van der Waals surface area (Å²) in [6, 6.07) is 10.4. The van der Waals surface area contributed by atoms with Gasteiger partial charge < -0.3 is 10.1 Å². The van der Waals surface area contributed by atoms with E-state index in [1.165, 1.54) is 16.8 Å².